The van der Waals surface area contributed by atoms with E-state index < -0.39 is 5.97 Å². The molecule has 1 aliphatic carbocycles. The summed E-state index contributed by atoms with van der Waals surface area (Å²) in [7, 11) is 0. The van der Waals surface area contributed by atoms with Gasteiger partial charge in [0.15, 0.2) is 0 Å². The lowest BCUT2D eigenvalue weighted by Crippen LogP contribution is -2.04. The van der Waals surface area contributed by atoms with Crippen molar-refractivity contribution >= 4 is 11.7 Å². The van der Waals surface area contributed by atoms with E-state index in [2.05, 4.69) is 23.5 Å². The normalized spacial score (nSPS) is 14.0. The maximum Gasteiger partial charge on any atom is 0.303 e. The first-order valence-corrected chi connectivity index (χ1v) is 12.4. The molecule has 0 saturated carbocycles. The van der Waals surface area contributed by atoms with E-state index in [0.717, 1.165) is 53.4 Å². The molecule has 192 valence electrons. The standard InChI is InChI=1S/C30H30N2O4.CH4/c1-20-28(14-15-35-26-12-13-27-22(17-26)10-11-23(27)18-29(33)34)32-30(36-20)24-8-5-9-25(16-24)31-19-21-6-3-2-4-7-21;/h2-9,12-13,16-17,23,31H,10-11,14-15,18-19H2,1H3,(H,33,34);1H4/t23-;/m0./s1. The van der Waals surface area contributed by atoms with Crippen molar-refractivity contribution in [3.63, 3.8) is 0 Å². The van der Waals surface area contributed by atoms with E-state index in [1.54, 1.807) is 0 Å². The number of rotatable bonds is 10. The summed E-state index contributed by atoms with van der Waals surface area (Å²) in [6.07, 6.45) is 2.61. The van der Waals surface area contributed by atoms with E-state index >= 15 is 0 Å². The highest BCUT2D eigenvalue weighted by Crippen LogP contribution is 2.37. The van der Waals surface area contributed by atoms with Crippen molar-refractivity contribution in [2.75, 3.05) is 11.9 Å². The Morgan fingerprint density at radius 1 is 1.11 bits per heavy atom. The Labute approximate surface area is 218 Å². The molecule has 0 aliphatic heterocycles. The number of aliphatic carboxylic acids is 1. The van der Waals surface area contributed by atoms with Crippen LogP contribution in [0.4, 0.5) is 5.69 Å². The molecule has 37 heavy (non-hydrogen) atoms. The number of oxazole rings is 1. The predicted molar refractivity (Wildman–Crippen MR) is 146 cm³/mol. The smallest absolute Gasteiger partial charge is 0.303 e. The van der Waals surface area contributed by atoms with Gasteiger partial charge in [0.25, 0.3) is 0 Å². The fraction of sp³-hybridized carbons (Fsp3) is 0.290. The van der Waals surface area contributed by atoms with Crippen molar-refractivity contribution in [3.05, 3.63) is 101 Å². The molecule has 3 aromatic carbocycles. The molecule has 2 N–H and O–H groups in total. The summed E-state index contributed by atoms with van der Waals surface area (Å²) in [5, 5.41) is 12.6. The number of benzene rings is 3. The number of hydrogen-bond acceptors (Lipinski definition) is 5. The quantitative estimate of drug-likeness (QED) is 0.244. The number of ether oxygens (including phenoxy) is 1. The van der Waals surface area contributed by atoms with Crippen LogP contribution in [-0.4, -0.2) is 22.7 Å². The van der Waals surface area contributed by atoms with Crippen molar-refractivity contribution in [3.8, 4) is 17.2 Å². The molecule has 0 saturated heterocycles. The largest absolute Gasteiger partial charge is 0.493 e. The van der Waals surface area contributed by atoms with Crippen LogP contribution < -0.4 is 10.1 Å². The molecule has 1 heterocycles. The molecule has 6 heteroatoms. The number of fused-ring (bicyclic) bond motifs is 1. The molecule has 0 fully saturated rings. The molecule has 6 nitrogen and oxygen atoms in total. The van der Waals surface area contributed by atoms with Gasteiger partial charge in [-0.25, -0.2) is 4.98 Å². The fourth-order valence-electron chi connectivity index (χ4n) is 4.81. The van der Waals surface area contributed by atoms with E-state index in [0.29, 0.717) is 18.9 Å². The first kappa shape index (κ1) is 26.0. The van der Waals surface area contributed by atoms with Gasteiger partial charge in [0.05, 0.1) is 18.7 Å². The van der Waals surface area contributed by atoms with E-state index in [1.165, 1.54) is 11.1 Å². The predicted octanol–water partition coefficient (Wildman–Crippen LogP) is 7.02. The summed E-state index contributed by atoms with van der Waals surface area (Å²) < 4.78 is 12.0. The molecule has 0 unspecified atom stereocenters. The van der Waals surface area contributed by atoms with E-state index in [4.69, 9.17) is 19.2 Å². The topological polar surface area (TPSA) is 84.6 Å². The van der Waals surface area contributed by atoms with Gasteiger partial charge in [-0.1, -0.05) is 49.9 Å². The molecule has 0 bridgehead atoms. The second-order valence-electron chi connectivity index (χ2n) is 9.23. The van der Waals surface area contributed by atoms with E-state index in [9.17, 15) is 4.79 Å². The van der Waals surface area contributed by atoms with Gasteiger partial charge < -0.3 is 19.6 Å². The monoisotopic (exact) mass is 498 g/mol. The molecule has 5 rings (SSSR count). The van der Waals surface area contributed by atoms with Crippen molar-refractivity contribution < 1.29 is 19.1 Å². The number of nitrogens with one attached hydrogen (secondary N) is 1. The third kappa shape index (κ3) is 6.39. The molecule has 4 aromatic rings. The highest BCUT2D eigenvalue weighted by molar-refractivity contribution is 5.68. The summed E-state index contributed by atoms with van der Waals surface area (Å²) in [5.41, 5.74) is 6.38. The van der Waals surface area contributed by atoms with Gasteiger partial charge in [-0.05, 0) is 72.7 Å². The van der Waals surface area contributed by atoms with Crippen molar-refractivity contribution in [2.24, 2.45) is 0 Å². The fourth-order valence-corrected chi connectivity index (χ4v) is 4.81. The number of carboxylic acids is 1. The summed E-state index contributed by atoms with van der Waals surface area (Å²) in [6, 6.07) is 24.4. The molecule has 0 radical (unpaired) electrons. The number of carbonyl (C=O) groups is 1. The summed E-state index contributed by atoms with van der Waals surface area (Å²) in [6.45, 7) is 3.17. The van der Waals surface area contributed by atoms with Crippen LogP contribution in [0, 0.1) is 6.92 Å². The third-order valence-electron chi connectivity index (χ3n) is 6.69. The van der Waals surface area contributed by atoms with Crippen molar-refractivity contribution in [2.45, 2.75) is 52.5 Å². The zero-order valence-electron chi connectivity index (χ0n) is 20.4. The van der Waals surface area contributed by atoms with Crippen molar-refractivity contribution in [1.29, 1.82) is 0 Å². The maximum absolute atomic E-state index is 11.1. The zero-order valence-corrected chi connectivity index (χ0v) is 20.4. The maximum atomic E-state index is 11.1. The van der Waals surface area contributed by atoms with Crippen LogP contribution in [0.1, 0.15) is 54.3 Å². The third-order valence-corrected chi connectivity index (χ3v) is 6.69. The van der Waals surface area contributed by atoms with Crippen LogP contribution in [0.2, 0.25) is 0 Å². The minimum atomic E-state index is -0.745. The molecule has 0 spiro atoms. The van der Waals surface area contributed by atoms with Gasteiger partial charge in [0.1, 0.15) is 11.5 Å². The lowest BCUT2D eigenvalue weighted by atomic mass is 9.98. The van der Waals surface area contributed by atoms with E-state index in [1.807, 2.05) is 61.5 Å². The number of anilines is 1. The highest BCUT2D eigenvalue weighted by atomic mass is 16.5. The van der Waals surface area contributed by atoms with Crippen LogP contribution in [0.3, 0.4) is 0 Å². The Morgan fingerprint density at radius 2 is 1.95 bits per heavy atom. The first-order chi connectivity index (χ1) is 17.5. The van der Waals surface area contributed by atoms with Gasteiger partial charge >= 0.3 is 5.97 Å². The Morgan fingerprint density at radius 3 is 2.76 bits per heavy atom. The number of aromatic nitrogens is 1. The molecular formula is C31H34N2O4. The van der Waals surface area contributed by atoms with Crippen molar-refractivity contribution in [1.82, 2.24) is 4.98 Å². The van der Waals surface area contributed by atoms with Crippen LogP contribution in [0.5, 0.6) is 5.75 Å². The van der Waals surface area contributed by atoms with Crippen LogP contribution in [0.25, 0.3) is 11.5 Å². The highest BCUT2D eigenvalue weighted by Gasteiger charge is 2.25. The zero-order chi connectivity index (χ0) is 24.9. The summed E-state index contributed by atoms with van der Waals surface area (Å²) in [5.74, 6) is 1.57. The number of aryl methyl sites for hydroxylation is 2. The van der Waals surface area contributed by atoms with Crippen LogP contribution in [0.15, 0.2) is 77.2 Å². The first-order valence-electron chi connectivity index (χ1n) is 12.4. The molecule has 1 aliphatic rings. The molecule has 0 amide bonds. The molecule has 1 atom stereocenters. The molecule has 1 aromatic heterocycles. The number of nitrogens with zero attached hydrogens (tertiary/aromatic N) is 1. The second kappa shape index (κ2) is 11.8. The summed E-state index contributed by atoms with van der Waals surface area (Å²) >= 11 is 0. The Kier molecular flexibility index (Phi) is 8.29. The SMILES string of the molecule is C.Cc1oc(-c2cccc(NCc3ccccc3)c2)nc1CCOc1ccc2c(c1)CC[C@H]2CC(=O)O. The van der Waals surface area contributed by atoms with Crippen LogP contribution >= 0.6 is 0 Å². The minimum Gasteiger partial charge on any atom is -0.493 e. The second-order valence-corrected chi connectivity index (χ2v) is 9.23. The number of carboxylic acid groups (broad SMARTS) is 1. The number of hydrogen-bond donors (Lipinski definition) is 2. The van der Waals surface area contributed by atoms with Gasteiger partial charge in [-0.2, -0.15) is 0 Å². The van der Waals surface area contributed by atoms with Gasteiger partial charge in [-0.3, -0.25) is 4.79 Å². The van der Waals surface area contributed by atoms with E-state index in [-0.39, 0.29) is 19.8 Å². The minimum absolute atomic E-state index is 0. The van der Waals surface area contributed by atoms with Gasteiger partial charge in [0.2, 0.25) is 5.89 Å². The Bertz CT molecular complexity index is 1350. The lowest BCUT2D eigenvalue weighted by Gasteiger charge is -2.10. The Hall–Kier alpha value is -4.06. The average molecular weight is 499 g/mol. The lowest BCUT2D eigenvalue weighted by molar-refractivity contribution is -0.137. The van der Waals surface area contributed by atoms with Crippen LogP contribution in [-0.2, 0) is 24.2 Å². The Balaban J connectivity index is 0.00000320. The van der Waals surface area contributed by atoms with Gasteiger partial charge in [0, 0.05) is 24.2 Å². The van der Waals surface area contributed by atoms with Gasteiger partial charge in [-0.15, -0.1) is 0 Å². The molecular weight excluding hydrogens is 464 g/mol. The summed E-state index contributed by atoms with van der Waals surface area (Å²) in [4.78, 5) is 15.8. The average Bonchev–Trinajstić information content (AvgIpc) is 3.46.